The summed E-state index contributed by atoms with van der Waals surface area (Å²) < 4.78 is 2.86. The summed E-state index contributed by atoms with van der Waals surface area (Å²) in [6.45, 7) is 9.53. The van der Waals surface area contributed by atoms with Crippen LogP contribution in [0.3, 0.4) is 0 Å². The van der Waals surface area contributed by atoms with Crippen LogP contribution in [-0.2, 0) is 13.5 Å². The number of nitrogens with zero attached hydrogens (tertiary/aromatic N) is 2. The van der Waals surface area contributed by atoms with Crippen molar-refractivity contribution in [3.63, 3.8) is 0 Å². The van der Waals surface area contributed by atoms with Gasteiger partial charge in [-0.1, -0.05) is 49.4 Å². The van der Waals surface area contributed by atoms with Gasteiger partial charge in [0.25, 0.3) is 0 Å². The lowest BCUT2D eigenvalue weighted by atomic mass is 9.98. The van der Waals surface area contributed by atoms with Gasteiger partial charge in [-0.15, -0.1) is 11.3 Å². The molecule has 4 rings (SSSR count). The van der Waals surface area contributed by atoms with Crippen LogP contribution in [0.25, 0.3) is 37.2 Å². The molecule has 0 aliphatic carbocycles. The fourth-order valence-corrected chi connectivity index (χ4v) is 4.74. The average Bonchev–Trinajstić information content (AvgIpc) is 3.29. The number of aromatic nitrogens is 1. The van der Waals surface area contributed by atoms with Gasteiger partial charge in [-0.25, -0.2) is 9.64 Å². The third-order valence-electron chi connectivity index (χ3n) is 5.10. The molecule has 0 saturated heterocycles. The molecule has 2 aromatic heterocycles. The lowest BCUT2D eigenvalue weighted by Gasteiger charge is -2.08. The molecule has 4 nitrogen and oxygen atoms in total. The van der Waals surface area contributed by atoms with Gasteiger partial charge in [0.05, 0.1) is 6.57 Å². The van der Waals surface area contributed by atoms with Crippen LogP contribution < -0.4 is 0 Å². The molecule has 0 unspecified atom stereocenters. The van der Waals surface area contributed by atoms with Gasteiger partial charge in [-0.2, -0.15) is 0 Å². The molecule has 2 aromatic carbocycles. The zero-order valence-electron chi connectivity index (χ0n) is 15.6. The van der Waals surface area contributed by atoms with E-state index in [1.54, 1.807) is 23.0 Å². The average molecular weight is 386 g/mol. The number of fused-ring (bicyclic) bond motifs is 1. The highest BCUT2D eigenvalue weighted by atomic mass is 32.1. The number of carbonyl (C=O) groups is 1. The molecular formula is C23H18N2O2S. The minimum absolute atomic E-state index is 0.163. The molecule has 0 radical (unpaired) electrons. The molecule has 0 spiro atoms. The minimum Gasteiger partial charge on any atom is -0.477 e. The summed E-state index contributed by atoms with van der Waals surface area (Å²) >= 11 is 1.71. The Hall–Kier alpha value is -3.36. The number of carboxylic acids is 1. The van der Waals surface area contributed by atoms with Crippen molar-refractivity contribution in [2.75, 3.05) is 0 Å². The monoisotopic (exact) mass is 386 g/mol. The summed E-state index contributed by atoms with van der Waals surface area (Å²) in [5, 5.41) is 13.0. The van der Waals surface area contributed by atoms with Gasteiger partial charge in [-0.05, 0) is 39.9 Å². The van der Waals surface area contributed by atoms with Crippen molar-refractivity contribution in [1.82, 2.24) is 4.57 Å². The van der Waals surface area contributed by atoms with Crippen molar-refractivity contribution >= 4 is 33.1 Å². The molecule has 0 amide bonds. The van der Waals surface area contributed by atoms with E-state index >= 15 is 0 Å². The molecule has 0 aliphatic rings. The first-order chi connectivity index (χ1) is 13.6. The molecule has 138 valence electrons. The van der Waals surface area contributed by atoms with Crippen LogP contribution in [0.1, 0.15) is 23.1 Å². The third-order valence-corrected chi connectivity index (χ3v) is 6.06. The third kappa shape index (κ3) is 2.70. The first-order valence-electron chi connectivity index (χ1n) is 8.96. The molecule has 1 N–H and O–H groups in total. The Morgan fingerprint density at radius 3 is 2.50 bits per heavy atom. The Kier molecular flexibility index (Phi) is 4.50. The van der Waals surface area contributed by atoms with Crippen molar-refractivity contribution in [2.45, 2.75) is 13.3 Å². The van der Waals surface area contributed by atoms with Gasteiger partial charge >= 0.3 is 5.97 Å². The molecule has 0 aliphatic heterocycles. The Morgan fingerprint density at radius 1 is 1.14 bits per heavy atom. The van der Waals surface area contributed by atoms with Crippen LogP contribution in [0.4, 0.5) is 5.69 Å². The Labute approximate surface area is 167 Å². The van der Waals surface area contributed by atoms with Gasteiger partial charge in [-0.3, -0.25) is 0 Å². The topological polar surface area (TPSA) is 46.6 Å². The molecule has 0 saturated carbocycles. The van der Waals surface area contributed by atoms with E-state index in [2.05, 4.69) is 28.4 Å². The van der Waals surface area contributed by atoms with E-state index in [-0.39, 0.29) is 5.69 Å². The molecular weight excluding hydrogens is 368 g/mol. The second-order valence-electron chi connectivity index (χ2n) is 6.57. The Balaban J connectivity index is 1.88. The quantitative estimate of drug-likeness (QED) is 0.413. The van der Waals surface area contributed by atoms with Gasteiger partial charge in [0.1, 0.15) is 5.69 Å². The number of hydrogen-bond acceptors (Lipinski definition) is 2. The van der Waals surface area contributed by atoms with Crippen LogP contribution in [0.15, 0.2) is 53.9 Å². The van der Waals surface area contributed by atoms with Crippen LogP contribution in [-0.4, -0.2) is 15.6 Å². The van der Waals surface area contributed by atoms with Crippen LogP contribution in [0, 0.1) is 6.57 Å². The minimum atomic E-state index is -1.02. The van der Waals surface area contributed by atoms with E-state index in [4.69, 9.17) is 6.57 Å². The van der Waals surface area contributed by atoms with Crippen molar-refractivity contribution in [3.05, 3.63) is 76.7 Å². The van der Waals surface area contributed by atoms with Crippen molar-refractivity contribution in [3.8, 4) is 22.3 Å². The summed E-state index contributed by atoms with van der Waals surface area (Å²) in [7, 11) is 1.71. The summed E-state index contributed by atoms with van der Waals surface area (Å²) in [6, 6.07) is 16.2. The van der Waals surface area contributed by atoms with E-state index in [9.17, 15) is 9.90 Å². The lowest BCUT2D eigenvalue weighted by Crippen LogP contribution is -2.07. The predicted octanol–water partition coefficient (Wildman–Crippen LogP) is 6.39. The SMILES string of the molecule is [C-]#[N+]c1c(-c2ccc(-c3cccc4ccsc34)cc2)c(C(=O)O)n(C)c1CC. The van der Waals surface area contributed by atoms with Crippen LogP contribution >= 0.6 is 11.3 Å². The fourth-order valence-electron chi connectivity index (χ4n) is 3.80. The van der Waals surface area contributed by atoms with Gasteiger partial charge in [0.2, 0.25) is 5.69 Å². The second kappa shape index (κ2) is 6.99. The number of carboxylic acid groups (broad SMARTS) is 1. The number of thiophene rings is 1. The standard InChI is InChI=1S/C23H18N2O2S/c1-4-18-20(24-2)19(21(23(26)27)25(18)3)15-10-8-14(9-11-15)17-7-5-6-16-12-13-28-22(16)17/h5-13H,4H2,1,3H3,(H,26,27). The lowest BCUT2D eigenvalue weighted by molar-refractivity contribution is 0.0687. The van der Waals surface area contributed by atoms with E-state index in [0.29, 0.717) is 17.7 Å². The number of aromatic carboxylic acids is 1. The zero-order valence-corrected chi connectivity index (χ0v) is 16.4. The van der Waals surface area contributed by atoms with Crippen LogP contribution in [0.5, 0.6) is 0 Å². The zero-order chi connectivity index (χ0) is 19.8. The summed E-state index contributed by atoms with van der Waals surface area (Å²) in [6.07, 6.45) is 0.604. The maximum atomic E-state index is 11.9. The Bertz CT molecular complexity index is 1240. The van der Waals surface area contributed by atoms with Gasteiger partial charge in [0, 0.05) is 23.0 Å². The fraction of sp³-hybridized carbons (Fsp3) is 0.130. The highest BCUT2D eigenvalue weighted by Gasteiger charge is 2.25. The largest absolute Gasteiger partial charge is 0.477 e. The first-order valence-corrected chi connectivity index (χ1v) is 9.84. The molecule has 28 heavy (non-hydrogen) atoms. The normalized spacial score (nSPS) is 10.9. The van der Waals surface area contributed by atoms with Crippen LogP contribution in [0.2, 0.25) is 0 Å². The maximum absolute atomic E-state index is 11.9. The molecule has 0 fully saturated rings. The summed E-state index contributed by atoms with van der Waals surface area (Å²) in [5.41, 5.74) is 4.82. The first kappa shape index (κ1) is 18.0. The van der Waals surface area contributed by atoms with E-state index in [1.165, 1.54) is 10.1 Å². The molecule has 5 heteroatoms. The van der Waals surface area contributed by atoms with E-state index in [1.807, 2.05) is 37.3 Å². The molecule has 2 heterocycles. The van der Waals surface area contributed by atoms with Gasteiger partial charge in [0.15, 0.2) is 0 Å². The van der Waals surface area contributed by atoms with Crippen molar-refractivity contribution < 1.29 is 9.90 Å². The number of benzene rings is 2. The highest BCUT2D eigenvalue weighted by molar-refractivity contribution is 7.17. The highest BCUT2D eigenvalue weighted by Crippen LogP contribution is 2.40. The van der Waals surface area contributed by atoms with Crippen molar-refractivity contribution in [1.29, 1.82) is 0 Å². The molecule has 4 aromatic rings. The van der Waals surface area contributed by atoms with Crippen molar-refractivity contribution in [2.24, 2.45) is 7.05 Å². The Morgan fingerprint density at radius 2 is 1.86 bits per heavy atom. The van der Waals surface area contributed by atoms with E-state index < -0.39 is 5.97 Å². The smallest absolute Gasteiger partial charge is 0.351 e. The number of hydrogen-bond donors (Lipinski definition) is 1. The molecule has 0 bridgehead atoms. The second-order valence-corrected chi connectivity index (χ2v) is 7.49. The molecule has 0 atom stereocenters. The maximum Gasteiger partial charge on any atom is 0.351 e. The number of rotatable bonds is 4. The van der Waals surface area contributed by atoms with E-state index in [0.717, 1.165) is 22.4 Å². The van der Waals surface area contributed by atoms with Gasteiger partial charge < -0.3 is 9.67 Å². The summed E-state index contributed by atoms with van der Waals surface area (Å²) in [4.78, 5) is 15.6. The summed E-state index contributed by atoms with van der Waals surface area (Å²) in [5.74, 6) is -1.02. The predicted molar refractivity (Wildman–Crippen MR) is 114 cm³/mol.